The molecule has 0 fully saturated rings. The van der Waals surface area contributed by atoms with Crippen LogP contribution in [0.4, 0.5) is 0 Å². The van der Waals surface area contributed by atoms with Gasteiger partial charge in [0.2, 0.25) is 0 Å². The third-order valence-electron chi connectivity index (χ3n) is 1.28. The van der Waals surface area contributed by atoms with Crippen LogP contribution in [0.1, 0.15) is 27.7 Å². The molecule has 0 bridgehead atoms. The molecule has 2 nitrogen and oxygen atoms in total. The lowest BCUT2D eigenvalue weighted by molar-refractivity contribution is 0.211. The van der Waals surface area contributed by atoms with E-state index in [9.17, 15) is 0 Å². The second-order valence-corrected chi connectivity index (χ2v) is 8.20. The molecule has 80 valence electrons. The maximum atomic E-state index is 5.54. The van der Waals surface area contributed by atoms with Gasteiger partial charge in [0.25, 0.3) is 0 Å². The molecule has 0 atom stereocenters. The van der Waals surface area contributed by atoms with E-state index >= 15 is 0 Å². The Hall–Kier alpha value is 0.570. The van der Waals surface area contributed by atoms with E-state index in [2.05, 4.69) is 27.7 Å². The fourth-order valence-electron chi connectivity index (χ4n) is 0.606. The predicted molar refractivity (Wildman–Crippen MR) is 61.8 cm³/mol. The molecular formula is C9H21O2PS. The van der Waals surface area contributed by atoms with Gasteiger partial charge in [-0.1, -0.05) is 27.7 Å². The second-order valence-electron chi connectivity index (χ2n) is 4.15. The van der Waals surface area contributed by atoms with E-state index in [0.29, 0.717) is 25.0 Å². The summed E-state index contributed by atoms with van der Waals surface area (Å²) in [5, 5.41) is 0. The summed E-state index contributed by atoms with van der Waals surface area (Å²) < 4.78 is 11.1. The van der Waals surface area contributed by atoms with Gasteiger partial charge in [-0.15, -0.1) is 0 Å². The molecule has 0 rings (SSSR count). The van der Waals surface area contributed by atoms with E-state index < -0.39 is 6.49 Å². The fourth-order valence-corrected chi connectivity index (χ4v) is 2.18. The van der Waals surface area contributed by atoms with E-state index in [-0.39, 0.29) is 0 Å². The van der Waals surface area contributed by atoms with Crippen molar-refractivity contribution in [2.24, 2.45) is 11.8 Å². The van der Waals surface area contributed by atoms with Crippen molar-refractivity contribution in [1.82, 2.24) is 0 Å². The smallest absolute Gasteiger partial charge is 0.185 e. The molecule has 0 amide bonds. The van der Waals surface area contributed by atoms with E-state index in [1.807, 2.05) is 6.66 Å². The van der Waals surface area contributed by atoms with Gasteiger partial charge in [0.15, 0.2) is 6.49 Å². The Labute approximate surface area is 87.2 Å². The molecule has 0 radical (unpaired) electrons. The number of rotatable bonds is 6. The van der Waals surface area contributed by atoms with Gasteiger partial charge in [0.05, 0.1) is 13.2 Å². The summed E-state index contributed by atoms with van der Waals surface area (Å²) in [6.45, 7) is 9.77. The average Bonchev–Trinajstić information content (AvgIpc) is 1.98. The van der Waals surface area contributed by atoms with Crippen molar-refractivity contribution >= 4 is 18.3 Å². The van der Waals surface area contributed by atoms with Crippen molar-refractivity contribution in [3.63, 3.8) is 0 Å². The van der Waals surface area contributed by atoms with Crippen LogP contribution in [0.5, 0.6) is 0 Å². The van der Waals surface area contributed by atoms with E-state index in [1.165, 1.54) is 0 Å². The molecule has 0 saturated heterocycles. The van der Waals surface area contributed by atoms with E-state index in [0.717, 1.165) is 0 Å². The second kappa shape index (κ2) is 6.13. The normalized spacial score (nSPS) is 12.8. The van der Waals surface area contributed by atoms with E-state index in [4.69, 9.17) is 20.9 Å². The highest BCUT2D eigenvalue weighted by molar-refractivity contribution is 8.09. The van der Waals surface area contributed by atoms with Crippen LogP contribution in [0.2, 0.25) is 0 Å². The Morgan fingerprint density at radius 1 is 1.00 bits per heavy atom. The molecule has 0 aliphatic heterocycles. The maximum absolute atomic E-state index is 5.54. The van der Waals surface area contributed by atoms with Gasteiger partial charge in [-0.3, -0.25) is 0 Å². The summed E-state index contributed by atoms with van der Waals surface area (Å²) in [4.78, 5) is 0. The lowest BCUT2D eigenvalue weighted by Gasteiger charge is -2.20. The van der Waals surface area contributed by atoms with Gasteiger partial charge in [-0.25, -0.2) is 0 Å². The van der Waals surface area contributed by atoms with E-state index in [1.54, 1.807) is 0 Å². The quantitative estimate of drug-likeness (QED) is 0.645. The number of hydrogen-bond donors (Lipinski definition) is 0. The highest BCUT2D eigenvalue weighted by Gasteiger charge is 2.12. The van der Waals surface area contributed by atoms with Crippen LogP contribution in [0.15, 0.2) is 0 Å². The Balaban J connectivity index is 3.74. The first-order valence-electron chi connectivity index (χ1n) is 4.70. The Morgan fingerprint density at radius 3 is 1.54 bits per heavy atom. The highest BCUT2D eigenvalue weighted by Crippen LogP contribution is 2.44. The molecular weight excluding hydrogens is 203 g/mol. The van der Waals surface area contributed by atoms with Crippen molar-refractivity contribution < 1.29 is 9.05 Å². The highest BCUT2D eigenvalue weighted by atomic mass is 32.5. The molecule has 0 N–H and O–H groups in total. The first-order chi connectivity index (χ1) is 5.83. The molecule has 0 spiro atoms. The van der Waals surface area contributed by atoms with Crippen LogP contribution in [0, 0.1) is 11.8 Å². The molecule has 0 aromatic rings. The Morgan fingerprint density at radius 2 is 1.31 bits per heavy atom. The molecule has 0 aliphatic carbocycles. The SMILES string of the molecule is CC(C)COP(C)(=S)OCC(C)C. The summed E-state index contributed by atoms with van der Waals surface area (Å²) >= 11 is 5.25. The van der Waals surface area contributed by atoms with Gasteiger partial charge in [-0.05, 0) is 23.6 Å². The molecule has 0 unspecified atom stereocenters. The maximum Gasteiger partial charge on any atom is 0.185 e. The Kier molecular flexibility index (Phi) is 6.40. The molecule has 0 saturated carbocycles. The fraction of sp³-hybridized carbons (Fsp3) is 1.00. The Bertz CT molecular complexity index is 164. The summed E-state index contributed by atoms with van der Waals surface area (Å²) in [7, 11) is 0. The summed E-state index contributed by atoms with van der Waals surface area (Å²) in [6, 6.07) is 0. The third kappa shape index (κ3) is 8.89. The van der Waals surface area contributed by atoms with Crippen LogP contribution in [-0.2, 0) is 20.9 Å². The largest absolute Gasteiger partial charge is 0.329 e. The average molecular weight is 224 g/mol. The third-order valence-corrected chi connectivity index (χ3v) is 3.15. The van der Waals surface area contributed by atoms with Gasteiger partial charge in [0.1, 0.15) is 0 Å². The zero-order chi connectivity index (χ0) is 10.5. The minimum atomic E-state index is -1.97. The standard InChI is InChI=1S/C9H21O2PS/c1-8(2)6-10-12(5,13)11-7-9(3)4/h8-9H,6-7H2,1-5H3. The van der Waals surface area contributed by atoms with Crippen molar-refractivity contribution in [2.45, 2.75) is 27.7 Å². The van der Waals surface area contributed by atoms with Crippen molar-refractivity contribution in [3.05, 3.63) is 0 Å². The molecule has 0 aromatic carbocycles. The molecule has 0 aromatic heterocycles. The first-order valence-corrected chi connectivity index (χ1v) is 7.78. The predicted octanol–water partition coefficient (Wildman–Crippen LogP) is 3.27. The van der Waals surface area contributed by atoms with Crippen molar-refractivity contribution in [3.8, 4) is 0 Å². The van der Waals surface area contributed by atoms with Crippen molar-refractivity contribution in [2.75, 3.05) is 19.9 Å². The van der Waals surface area contributed by atoms with Gasteiger partial charge < -0.3 is 9.05 Å². The topological polar surface area (TPSA) is 18.5 Å². The van der Waals surface area contributed by atoms with Crippen LogP contribution in [-0.4, -0.2) is 19.9 Å². The minimum Gasteiger partial charge on any atom is -0.329 e. The van der Waals surface area contributed by atoms with Gasteiger partial charge in [0, 0.05) is 6.66 Å². The minimum absolute atomic E-state index is 0.518. The zero-order valence-electron chi connectivity index (χ0n) is 9.24. The van der Waals surface area contributed by atoms with Gasteiger partial charge >= 0.3 is 0 Å². The zero-order valence-corrected chi connectivity index (χ0v) is 11.0. The van der Waals surface area contributed by atoms with Crippen LogP contribution < -0.4 is 0 Å². The lowest BCUT2D eigenvalue weighted by atomic mass is 10.2. The van der Waals surface area contributed by atoms with Gasteiger partial charge in [-0.2, -0.15) is 0 Å². The van der Waals surface area contributed by atoms with Crippen LogP contribution in [0.3, 0.4) is 0 Å². The molecule has 0 heterocycles. The van der Waals surface area contributed by atoms with Crippen LogP contribution >= 0.6 is 6.49 Å². The van der Waals surface area contributed by atoms with Crippen molar-refractivity contribution in [1.29, 1.82) is 0 Å². The monoisotopic (exact) mass is 224 g/mol. The number of hydrogen-bond acceptors (Lipinski definition) is 3. The summed E-state index contributed by atoms with van der Waals surface area (Å²) in [5.74, 6) is 1.04. The molecule has 0 aliphatic rings. The summed E-state index contributed by atoms with van der Waals surface area (Å²) in [6.07, 6.45) is 0. The van der Waals surface area contributed by atoms with Crippen LogP contribution in [0.25, 0.3) is 0 Å². The molecule has 13 heavy (non-hydrogen) atoms. The lowest BCUT2D eigenvalue weighted by Crippen LogP contribution is -2.05. The molecule has 4 heteroatoms. The summed E-state index contributed by atoms with van der Waals surface area (Å²) in [5.41, 5.74) is 0. The first kappa shape index (κ1) is 13.6.